The lowest BCUT2D eigenvalue weighted by Crippen LogP contribution is -2.32. The number of Topliss-reactive ketones (excluding diaryl/α,β-unsaturated/α-hetero) is 1. The molecule has 5 heteroatoms. The molecule has 23 heavy (non-hydrogen) atoms. The summed E-state index contributed by atoms with van der Waals surface area (Å²) in [5.74, 6) is -0.0569. The predicted molar refractivity (Wildman–Crippen MR) is 95.6 cm³/mol. The third kappa shape index (κ3) is 3.19. The summed E-state index contributed by atoms with van der Waals surface area (Å²) in [6.45, 7) is 2.43. The van der Waals surface area contributed by atoms with E-state index >= 15 is 0 Å². The molecule has 118 valence electrons. The first-order valence-electron chi connectivity index (χ1n) is 7.38. The van der Waals surface area contributed by atoms with E-state index in [0.29, 0.717) is 41.2 Å². The van der Waals surface area contributed by atoms with Crippen molar-refractivity contribution in [3.8, 4) is 0 Å². The summed E-state index contributed by atoms with van der Waals surface area (Å²) in [7, 11) is 0. The standard InChI is InChI=1S/C18H15BrClNO2/c1-11-9-12(19)4-6-14(11)18(23)21-8-2-3-17(22)15-10-13(20)5-7-16(15)21/h4-7,9-10H,2-3,8H2,1H3. The van der Waals surface area contributed by atoms with Gasteiger partial charge >= 0.3 is 0 Å². The van der Waals surface area contributed by atoms with E-state index in [1.54, 1.807) is 23.1 Å². The second-order valence-electron chi connectivity index (χ2n) is 5.60. The molecular formula is C18H15BrClNO2. The molecule has 1 aliphatic rings. The summed E-state index contributed by atoms with van der Waals surface area (Å²) >= 11 is 9.43. The van der Waals surface area contributed by atoms with Crippen LogP contribution in [0.15, 0.2) is 40.9 Å². The van der Waals surface area contributed by atoms with Gasteiger partial charge in [0.15, 0.2) is 5.78 Å². The molecule has 2 aromatic carbocycles. The van der Waals surface area contributed by atoms with E-state index in [9.17, 15) is 9.59 Å². The Hall–Kier alpha value is -1.65. The molecule has 0 radical (unpaired) electrons. The van der Waals surface area contributed by atoms with Gasteiger partial charge in [-0.2, -0.15) is 0 Å². The highest BCUT2D eigenvalue weighted by atomic mass is 79.9. The number of anilines is 1. The van der Waals surface area contributed by atoms with Crippen LogP contribution >= 0.6 is 27.5 Å². The highest BCUT2D eigenvalue weighted by molar-refractivity contribution is 9.10. The predicted octanol–water partition coefficient (Wildman–Crippen LogP) is 5.03. The van der Waals surface area contributed by atoms with Gasteiger partial charge in [0.2, 0.25) is 0 Å². The second-order valence-corrected chi connectivity index (χ2v) is 6.96. The van der Waals surface area contributed by atoms with Gasteiger partial charge in [-0.1, -0.05) is 27.5 Å². The number of amides is 1. The Balaban J connectivity index is 2.07. The lowest BCUT2D eigenvalue weighted by Gasteiger charge is -2.23. The molecule has 0 aromatic heterocycles. The average molecular weight is 393 g/mol. The minimum Gasteiger partial charge on any atom is -0.308 e. The quantitative estimate of drug-likeness (QED) is 0.682. The maximum Gasteiger partial charge on any atom is 0.258 e. The number of rotatable bonds is 1. The molecule has 1 heterocycles. The smallest absolute Gasteiger partial charge is 0.258 e. The van der Waals surface area contributed by atoms with Crippen LogP contribution in [-0.2, 0) is 0 Å². The van der Waals surface area contributed by atoms with Gasteiger partial charge in [-0.05, 0) is 55.3 Å². The van der Waals surface area contributed by atoms with Crippen LogP contribution in [0.2, 0.25) is 5.02 Å². The molecule has 0 spiro atoms. The molecule has 0 saturated carbocycles. The van der Waals surface area contributed by atoms with Crippen molar-refractivity contribution in [2.24, 2.45) is 0 Å². The maximum absolute atomic E-state index is 13.0. The lowest BCUT2D eigenvalue weighted by molar-refractivity contribution is 0.0973. The monoisotopic (exact) mass is 391 g/mol. The van der Waals surface area contributed by atoms with Gasteiger partial charge in [-0.25, -0.2) is 0 Å². The zero-order valence-electron chi connectivity index (χ0n) is 12.6. The number of carbonyl (C=O) groups is 2. The highest BCUT2D eigenvalue weighted by Gasteiger charge is 2.26. The Bertz CT molecular complexity index is 804. The fraction of sp³-hybridized carbons (Fsp3) is 0.222. The Kier molecular flexibility index (Phi) is 4.55. The number of hydrogen-bond acceptors (Lipinski definition) is 2. The van der Waals surface area contributed by atoms with Crippen molar-refractivity contribution in [2.45, 2.75) is 19.8 Å². The van der Waals surface area contributed by atoms with Crippen molar-refractivity contribution in [3.05, 3.63) is 62.6 Å². The van der Waals surface area contributed by atoms with E-state index in [2.05, 4.69) is 15.9 Å². The molecule has 1 aliphatic heterocycles. The van der Waals surface area contributed by atoms with Crippen LogP contribution in [0.3, 0.4) is 0 Å². The summed E-state index contributed by atoms with van der Waals surface area (Å²) in [6, 6.07) is 10.7. The Morgan fingerprint density at radius 1 is 1.22 bits per heavy atom. The van der Waals surface area contributed by atoms with Gasteiger partial charge in [-0.15, -0.1) is 0 Å². The molecule has 0 fully saturated rings. The van der Waals surface area contributed by atoms with Crippen LogP contribution in [0.5, 0.6) is 0 Å². The number of nitrogens with zero attached hydrogens (tertiary/aromatic N) is 1. The van der Waals surface area contributed by atoms with Crippen molar-refractivity contribution >= 4 is 44.9 Å². The minimum atomic E-state index is -0.0896. The molecule has 0 atom stereocenters. The number of ketones is 1. The SMILES string of the molecule is Cc1cc(Br)ccc1C(=O)N1CCCC(=O)c2cc(Cl)ccc21. The largest absolute Gasteiger partial charge is 0.308 e. The van der Waals surface area contributed by atoms with Crippen molar-refractivity contribution in [3.63, 3.8) is 0 Å². The molecule has 2 aromatic rings. The fourth-order valence-electron chi connectivity index (χ4n) is 2.84. The first-order chi connectivity index (χ1) is 11.0. The number of halogens is 2. The molecule has 3 rings (SSSR count). The molecule has 0 bridgehead atoms. The minimum absolute atomic E-state index is 0.0327. The van der Waals surface area contributed by atoms with E-state index in [-0.39, 0.29) is 11.7 Å². The van der Waals surface area contributed by atoms with Crippen molar-refractivity contribution in [1.29, 1.82) is 0 Å². The first-order valence-corrected chi connectivity index (χ1v) is 8.55. The lowest BCUT2D eigenvalue weighted by atomic mass is 10.0. The number of benzene rings is 2. The van der Waals surface area contributed by atoms with E-state index < -0.39 is 0 Å². The molecule has 1 amide bonds. The van der Waals surface area contributed by atoms with E-state index in [4.69, 9.17) is 11.6 Å². The number of hydrogen-bond donors (Lipinski definition) is 0. The van der Waals surface area contributed by atoms with Gasteiger partial charge in [0.1, 0.15) is 0 Å². The molecular weight excluding hydrogens is 378 g/mol. The fourth-order valence-corrected chi connectivity index (χ4v) is 3.49. The van der Waals surface area contributed by atoms with Crippen LogP contribution in [0, 0.1) is 6.92 Å². The van der Waals surface area contributed by atoms with Crippen molar-refractivity contribution in [2.75, 3.05) is 11.4 Å². The maximum atomic E-state index is 13.0. The number of aryl methyl sites for hydroxylation is 1. The summed E-state index contributed by atoms with van der Waals surface area (Å²) in [5, 5.41) is 0.506. The van der Waals surface area contributed by atoms with E-state index in [0.717, 1.165) is 10.0 Å². The van der Waals surface area contributed by atoms with Crippen molar-refractivity contribution in [1.82, 2.24) is 0 Å². The third-order valence-electron chi connectivity index (χ3n) is 4.00. The Morgan fingerprint density at radius 2 is 2.00 bits per heavy atom. The Morgan fingerprint density at radius 3 is 2.74 bits per heavy atom. The second kappa shape index (κ2) is 6.46. The number of carbonyl (C=O) groups excluding carboxylic acids is 2. The zero-order valence-corrected chi connectivity index (χ0v) is 14.9. The van der Waals surface area contributed by atoms with Crippen LogP contribution in [0.4, 0.5) is 5.69 Å². The topological polar surface area (TPSA) is 37.4 Å². The summed E-state index contributed by atoms with van der Waals surface area (Å²) in [5.41, 5.74) is 2.71. The van der Waals surface area contributed by atoms with Crippen LogP contribution in [0.25, 0.3) is 0 Å². The molecule has 0 saturated heterocycles. The summed E-state index contributed by atoms with van der Waals surface area (Å²) < 4.78 is 0.935. The molecule has 0 N–H and O–H groups in total. The van der Waals surface area contributed by atoms with Gasteiger partial charge in [-0.3, -0.25) is 9.59 Å². The van der Waals surface area contributed by atoms with E-state index in [1.807, 2.05) is 25.1 Å². The van der Waals surface area contributed by atoms with Gasteiger partial charge in [0.25, 0.3) is 5.91 Å². The first kappa shape index (κ1) is 16.2. The van der Waals surface area contributed by atoms with Gasteiger partial charge in [0, 0.05) is 33.6 Å². The van der Waals surface area contributed by atoms with Gasteiger partial charge < -0.3 is 4.90 Å². The summed E-state index contributed by atoms with van der Waals surface area (Å²) in [6.07, 6.45) is 1.07. The van der Waals surface area contributed by atoms with Gasteiger partial charge in [0.05, 0.1) is 5.69 Å². The van der Waals surface area contributed by atoms with Crippen molar-refractivity contribution < 1.29 is 9.59 Å². The van der Waals surface area contributed by atoms with Crippen LogP contribution in [0.1, 0.15) is 39.1 Å². The van der Waals surface area contributed by atoms with E-state index in [1.165, 1.54) is 0 Å². The Labute approximate surface area is 148 Å². The van der Waals surface area contributed by atoms with Crippen LogP contribution in [-0.4, -0.2) is 18.2 Å². The third-order valence-corrected chi connectivity index (χ3v) is 4.73. The zero-order chi connectivity index (χ0) is 16.6. The average Bonchev–Trinajstić information content (AvgIpc) is 2.66. The molecule has 0 aliphatic carbocycles. The summed E-state index contributed by atoms with van der Waals surface area (Å²) in [4.78, 5) is 27.0. The normalized spacial score (nSPS) is 14.4. The molecule has 0 unspecified atom stereocenters. The van der Waals surface area contributed by atoms with Crippen LogP contribution < -0.4 is 4.90 Å². The molecule has 3 nitrogen and oxygen atoms in total. The highest BCUT2D eigenvalue weighted by Crippen LogP contribution is 2.31. The number of fused-ring (bicyclic) bond motifs is 1.